The molecule has 0 aliphatic heterocycles. The highest BCUT2D eigenvalue weighted by Crippen LogP contribution is 2.20. The average molecular weight is 190 g/mol. The zero-order valence-corrected chi connectivity index (χ0v) is 8.42. The second kappa shape index (κ2) is 3.86. The van der Waals surface area contributed by atoms with Gasteiger partial charge in [0.25, 0.3) is 0 Å². The van der Waals surface area contributed by atoms with E-state index in [1.807, 2.05) is 6.92 Å². The van der Waals surface area contributed by atoms with E-state index in [0.29, 0.717) is 5.82 Å². The molecule has 3 nitrogen and oxygen atoms in total. The maximum atomic E-state index is 10.6. The Bertz CT molecular complexity index is 361. The fourth-order valence-corrected chi connectivity index (χ4v) is 2.03. The van der Waals surface area contributed by atoms with Crippen LogP contribution in [0.3, 0.4) is 0 Å². The van der Waals surface area contributed by atoms with Crippen molar-refractivity contribution in [1.29, 1.82) is 0 Å². The predicted octanol–water partition coefficient (Wildman–Crippen LogP) is 1.87. The van der Waals surface area contributed by atoms with Crippen LogP contribution in [0.2, 0.25) is 0 Å². The Kier molecular flexibility index (Phi) is 2.57. The quantitative estimate of drug-likeness (QED) is 0.501. The number of carbonyl (C=O) groups excluding carboxylic acids is 1. The van der Waals surface area contributed by atoms with Crippen LogP contribution in [0.5, 0.6) is 0 Å². The number of fused-ring (bicyclic) bond motifs is 1. The lowest BCUT2D eigenvalue weighted by molar-refractivity contribution is 0.111. The normalized spacial score (nSPS) is 15.8. The Morgan fingerprint density at radius 3 is 2.71 bits per heavy atom. The van der Waals surface area contributed by atoms with E-state index in [0.717, 1.165) is 30.5 Å². The number of aromatic nitrogens is 2. The van der Waals surface area contributed by atoms with Crippen molar-refractivity contribution < 1.29 is 4.79 Å². The van der Waals surface area contributed by atoms with E-state index in [-0.39, 0.29) is 0 Å². The van der Waals surface area contributed by atoms with Crippen LogP contribution in [0.1, 0.15) is 46.8 Å². The molecule has 0 amide bonds. The smallest absolute Gasteiger partial charge is 0.193 e. The highest BCUT2D eigenvalue weighted by atomic mass is 16.1. The van der Waals surface area contributed by atoms with Gasteiger partial charge >= 0.3 is 0 Å². The third-order valence-electron chi connectivity index (χ3n) is 2.76. The zero-order chi connectivity index (χ0) is 9.97. The van der Waals surface area contributed by atoms with Gasteiger partial charge in [-0.25, -0.2) is 9.97 Å². The molecule has 1 aliphatic carbocycles. The molecule has 0 saturated carbocycles. The summed E-state index contributed by atoms with van der Waals surface area (Å²) in [5.74, 6) is 0.336. The summed E-state index contributed by atoms with van der Waals surface area (Å²) in [5.41, 5.74) is 3.35. The summed E-state index contributed by atoms with van der Waals surface area (Å²) in [7, 11) is 0. The lowest BCUT2D eigenvalue weighted by Crippen LogP contribution is -2.05. The molecule has 0 spiro atoms. The molecular weight excluding hydrogens is 176 g/mol. The Balaban J connectivity index is 2.48. The Labute approximate surface area is 83.6 Å². The van der Waals surface area contributed by atoms with Gasteiger partial charge in [-0.05, 0) is 38.2 Å². The largest absolute Gasteiger partial charge is 0.294 e. The summed E-state index contributed by atoms with van der Waals surface area (Å²) in [6, 6.07) is 0. The van der Waals surface area contributed by atoms with E-state index in [1.165, 1.54) is 24.8 Å². The predicted molar refractivity (Wildman–Crippen MR) is 53.4 cm³/mol. The Morgan fingerprint density at radius 1 is 1.14 bits per heavy atom. The first-order chi connectivity index (χ1) is 6.81. The summed E-state index contributed by atoms with van der Waals surface area (Å²) < 4.78 is 0. The van der Waals surface area contributed by atoms with Crippen LogP contribution in [-0.4, -0.2) is 16.3 Å². The van der Waals surface area contributed by atoms with Crippen molar-refractivity contribution in [2.24, 2.45) is 0 Å². The lowest BCUT2D eigenvalue weighted by Gasteiger charge is -2.07. The number of aryl methyl sites for hydroxylation is 2. The van der Waals surface area contributed by atoms with Crippen molar-refractivity contribution in [1.82, 2.24) is 9.97 Å². The Morgan fingerprint density at radius 2 is 1.93 bits per heavy atom. The van der Waals surface area contributed by atoms with Gasteiger partial charge in [-0.1, -0.05) is 6.42 Å². The molecule has 1 aliphatic rings. The van der Waals surface area contributed by atoms with Crippen molar-refractivity contribution in [2.75, 3.05) is 0 Å². The van der Waals surface area contributed by atoms with E-state index in [4.69, 9.17) is 0 Å². The van der Waals surface area contributed by atoms with Crippen molar-refractivity contribution in [2.45, 2.75) is 39.0 Å². The number of carbonyl (C=O) groups is 1. The summed E-state index contributed by atoms with van der Waals surface area (Å²) in [5, 5.41) is 0. The van der Waals surface area contributed by atoms with Crippen molar-refractivity contribution in [3.63, 3.8) is 0 Å². The molecule has 0 bridgehead atoms. The molecule has 0 unspecified atom stereocenters. The Hall–Kier alpha value is -1.25. The fraction of sp³-hybridized carbons (Fsp3) is 0.545. The van der Waals surface area contributed by atoms with Gasteiger partial charge in [0.05, 0.1) is 0 Å². The fourth-order valence-electron chi connectivity index (χ4n) is 2.03. The number of rotatable bonds is 1. The molecule has 1 heterocycles. The van der Waals surface area contributed by atoms with Crippen LogP contribution >= 0.6 is 0 Å². The molecule has 0 fully saturated rings. The average Bonchev–Trinajstić information content (AvgIpc) is 2.42. The van der Waals surface area contributed by atoms with E-state index in [9.17, 15) is 4.79 Å². The van der Waals surface area contributed by atoms with Crippen molar-refractivity contribution >= 4 is 6.29 Å². The molecule has 0 N–H and O–H groups in total. The molecule has 1 aromatic rings. The SMILES string of the molecule is Cc1nc(C=O)nc2c1CCCCC2. The van der Waals surface area contributed by atoms with Crippen molar-refractivity contribution in [3.05, 3.63) is 22.8 Å². The van der Waals surface area contributed by atoms with Gasteiger partial charge in [-0.15, -0.1) is 0 Å². The van der Waals surface area contributed by atoms with Crippen molar-refractivity contribution in [3.8, 4) is 0 Å². The second-order valence-corrected chi connectivity index (χ2v) is 3.77. The van der Waals surface area contributed by atoms with Gasteiger partial charge in [0.15, 0.2) is 12.1 Å². The monoisotopic (exact) mass is 190 g/mol. The molecule has 1 aromatic heterocycles. The van der Waals surface area contributed by atoms with Gasteiger partial charge in [0.2, 0.25) is 0 Å². The summed E-state index contributed by atoms with van der Waals surface area (Å²) in [4.78, 5) is 19.0. The molecule has 2 rings (SSSR count). The number of hydrogen-bond donors (Lipinski definition) is 0. The molecule has 0 radical (unpaired) electrons. The van der Waals surface area contributed by atoms with Crippen LogP contribution in [0.15, 0.2) is 0 Å². The van der Waals surface area contributed by atoms with Crippen LogP contribution in [0.25, 0.3) is 0 Å². The number of hydrogen-bond acceptors (Lipinski definition) is 3. The van der Waals surface area contributed by atoms with Gasteiger partial charge in [-0.3, -0.25) is 4.79 Å². The summed E-state index contributed by atoms with van der Waals surface area (Å²) >= 11 is 0. The maximum Gasteiger partial charge on any atom is 0.193 e. The topological polar surface area (TPSA) is 42.9 Å². The number of nitrogens with zero attached hydrogens (tertiary/aromatic N) is 2. The van der Waals surface area contributed by atoms with Crippen LogP contribution < -0.4 is 0 Å². The zero-order valence-electron chi connectivity index (χ0n) is 8.42. The van der Waals surface area contributed by atoms with E-state index < -0.39 is 0 Å². The lowest BCUT2D eigenvalue weighted by atomic mass is 10.1. The van der Waals surface area contributed by atoms with E-state index >= 15 is 0 Å². The first-order valence-corrected chi connectivity index (χ1v) is 5.13. The summed E-state index contributed by atoms with van der Waals surface area (Å²) in [6.07, 6.45) is 6.46. The molecule has 3 heteroatoms. The molecule has 0 saturated heterocycles. The minimum absolute atomic E-state index is 0.336. The van der Waals surface area contributed by atoms with E-state index in [2.05, 4.69) is 9.97 Å². The van der Waals surface area contributed by atoms with Crippen LogP contribution in [-0.2, 0) is 12.8 Å². The van der Waals surface area contributed by atoms with Gasteiger partial charge in [0.1, 0.15) is 0 Å². The standard InChI is InChI=1S/C11H14N2O/c1-8-9-5-3-2-4-6-10(9)13-11(7-14)12-8/h7H,2-6H2,1H3. The first-order valence-electron chi connectivity index (χ1n) is 5.13. The summed E-state index contributed by atoms with van der Waals surface area (Å²) in [6.45, 7) is 1.97. The third-order valence-corrected chi connectivity index (χ3v) is 2.76. The van der Waals surface area contributed by atoms with Gasteiger partial charge in [0, 0.05) is 11.4 Å². The molecular formula is C11H14N2O. The highest BCUT2D eigenvalue weighted by Gasteiger charge is 2.13. The molecule has 0 atom stereocenters. The highest BCUT2D eigenvalue weighted by molar-refractivity contribution is 5.69. The third kappa shape index (κ3) is 1.67. The van der Waals surface area contributed by atoms with E-state index in [1.54, 1.807) is 0 Å². The maximum absolute atomic E-state index is 10.6. The number of aldehydes is 1. The molecule has 0 aromatic carbocycles. The second-order valence-electron chi connectivity index (χ2n) is 3.77. The first kappa shape index (κ1) is 9.31. The van der Waals surface area contributed by atoms with Gasteiger partial charge in [-0.2, -0.15) is 0 Å². The minimum Gasteiger partial charge on any atom is -0.294 e. The van der Waals surface area contributed by atoms with Gasteiger partial charge < -0.3 is 0 Å². The molecule has 14 heavy (non-hydrogen) atoms. The molecule has 74 valence electrons. The minimum atomic E-state index is 0.336. The van der Waals surface area contributed by atoms with Crippen LogP contribution in [0.4, 0.5) is 0 Å². The van der Waals surface area contributed by atoms with Crippen LogP contribution in [0, 0.1) is 6.92 Å².